The molecular formula is C40H47N3O5. The van der Waals surface area contributed by atoms with Crippen molar-refractivity contribution in [2.45, 2.75) is 76.8 Å². The number of aromatic hydroxyl groups is 2. The van der Waals surface area contributed by atoms with Gasteiger partial charge in [-0.2, -0.15) is 0 Å². The van der Waals surface area contributed by atoms with Gasteiger partial charge >= 0.3 is 0 Å². The zero-order valence-electron chi connectivity index (χ0n) is 27.7. The van der Waals surface area contributed by atoms with Gasteiger partial charge in [0.25, 0.3) is 0 Å². The SMILES string of the molecule is CCCCCC=CC(=O)CCc1ccc(O)c(OCCc2ccc(O)c(C3c4ccc(C(N)N)cc4CCC3C(=O)c3cc[nH]c3)c2)c1. The second-order valence-electron chi connectivity index (χ2n) is 12.7. The maximum absolute atomic E-state index is 13.8. The van der Waals surface area contributed by atoms with E-state index in [1.165, 1.54) is 6.42 Å². The Hall–Kier alpha value is -4.66. The van der Waals surface area contributed by atoms with Crippen LogP contribution in [-0.4, -0.2) is 33.4 Å². The van der Waals surface area contributed by atoms with Gasteiger partial charge < -0.3 is 31.4 Å². The first-order chi connectivity index (χ1) is 23.2. The van der Waals surface area contributed by atoms with Crippen LogP contribution in [0.4, 0.5) is 0 Å². The fraction of sp³-hybridized carbons (Fsp3) is 0.350. The third kappa shape index (κ3) is 8.62. The molecule has 0 saturated carbocycles. The van der Waals surface area contributed by atoms with Crippen molar-refractivity contribution in [3.63, 3.8) is 0 Å². The number of ether oxygens (including phenoxy) is 1. The second kappa shape index (κ2) is 16.4. The fourth-order valence-corrected chi connectivity index (χ4v) is 6.60. The Balaban J connectivity index is 1.30. The maximum atomic E-state index is 13.8. The molecule has 1 aromatic heterocycles. The summed E-state index contributed by atoms with van der Waals surface area (Å²) in [5, 5.41) is 21.6. The van der Waals surface area contributed by atoms with Crippen molar-refractivity contribution in [3.05, 3.63) is 124 Å². The Labute approximate surface area is 282 Å². The van der Waals surface area contributed by atoms with Crippen molar-refractivity contribution < 1.29 is 24.5 Å². The summed E-state index contributed by atoms with van der Waals surface area (Å²) < 4.78 is 6.01. The number of aromatic amines is 1. The zero-order chi connectivity index (χ0) is 34.0. The molecule has 2 atom stereocenters. The highest BCUT2D eigenvalue weighted by Crippen LogP contribution is 2.46. The molecule has 1 aliphatic carbocycles. The number of hydrogen-bond acceptors (Lipinski definition) is 7. The number of ketones is 2. The maximum Gasteiger partial charge on any atom is 0.168 e. The molecule has 4 aromatic rings. The summed E-state index contributed by atoms with van der Waals surface area (Å²) in [6.45, 7) is 2.44. The monoisotopic (exact) mass is 649 g/mol. The van der Waals surface area contributed by atoms with E-state index in [4.69, 9.17) is 16.2 Å². The highest BCUT2D eigenvalue weighted by molar-refractivity contribution is 5.99. The predicted octanol–water partition coefficient (Wildman–Crippen LogP) is 7.18. The first-order valence-corrected chi connectivity index (χ1v) is 17.0. The normalized spacial score (nSPS) is 15.9. The number of unbranched alkanes of at least 4 members (excludes halogenated alkanes) is 3. The number of nitrogens with two attached hydrogens (primary N) is 2. The van der Waals surface area contributed by atoms with E-state index in [1.807, 2.05) is 42.5 Å². The van der Waals surface area contributed by atoms with Crippen LogP contribution in [0.2, 0.25) is 0 Å². The van der Waals surface area contributed by atoms with Crippen LogP contribution in [0, 0.1) is 5.92 Å². The quantitative estimate of drug-likeness (QED) is 0.0373. The number of carbonyl (C=O) groups is 2. The van der Waals surface area contributed by atoms with Crippen LogP contribution in [0.1, 0.15) is 101 Å². The number of Topliss-reactive ketones (excluding diaryl/α,β-unsaturated/α-hetero) is 1. The molecule has 5 rings (SSSR count). The van der Waals surface area contributed by atoms with Gasteiger partial charge in [-0.3, -0.25) is 9.59 Å². The Morgan fingerprint density at radius 3 is 2.50 bits per heavy atom. The smallest absolute Gasteiger partial charge is 0.168 e. The molecule has 8 heteroatoms. The van der Waals surface area contributed by atoms with Gasteiger partial charge in [0.05, 0.1) is 12.8 Å². The Kier molecular flexibility index (Phi) is 11.9. The number of phenolic OH excluding ortho intramolecular Hbond substituents is 2. The first kappa shape index (κ1) is 34.7. The largest absolute Gasteiger partial charge is 0.508 e. The van der Waals surface area contributed by atoms with E-state index >= 15 is 0 Å². The third-order valence-corrected chi connectivity index (χ3v) is 9.27. The van der Waals surface area contributed by atoms with Crippen molar-refractivity contribution in [2.24, 2.45) is 17.4 Å². The van der Waals surface area contributed by atoms with Crippen LogP contribution >= 0.6 is 0 Å². The van der Waals surface area contributed by atoms with Gasteiger partial charge in [0.1, 0.15) is 5.75 Å². The molecule has 0 saturated heterocycles. The Morgan fingerprint density at radius 1 is 0.958 bits per heavy atom. The number of carbonyl (C=O) groups excluding carboxylic acids is 2. The summed E-state index contributed by atoms with van der Waals surface area (Å²) in [6, 6.07) is 18.4. The van der Waals surface area contributed by atoms with E-state index < -0.39 is 6.17 Å². The minimum absolute atomic E-state index is 0.0275. The van der Waals surface area contributed by atoms with Crippen molar-refractivity contribution in [1.82, 2.24) is 4.98 Å². The number of fused-ring (bicyclic) bond motifs is 1. The molecule has 8 nitrogen and oxygen atoms in total. The molecule has 1 heterocycles. The second-order valence-corrected chi connectivity index (χ2v) is 12.7. The molecule has 0 aliphatic heterocycles. The number of nitrogens with one attached hydrogen (secondary N) is 1. The van der Waals surface area contributed by atoms with Gasteiger partial charge in [-0.25, -0.2) is 0 Å². The van der Waals surface area contributed by atoms with E-state index in [9.17, 15) is 19.8 Å². The summed E-state index contributed by atoms with van der Waals surface area (Å²) in [5.74, 6) is -0.0957. The standard InChI is InChI=1S/C40H47N3O5/c1-2-3-4-5-6-7-31(44)13-8-26-10-17-36(46)37(23-26)48-21-19-27-9-16-35(45)34(22-27)38-32-14-12-29(40(41)42)24-28(32)11-15-33(38)39(47)30-18-20-43-25-30/h6-7,9-10,12,14,16-18,20,22-25,33,38,40,43,45-46H,2-5,8,11,13,15,19,21,41-42H2,1H3. The van der Waals surface area contributed by atoms with Crippen LogP contribution < -0.4 is 16.2 Å². The first-order valence-electron chi connectivity index (χ1n) is 17.0. The molecule has 1 aliphatic rings. The highest BCUT2D eigenvalue weighted by atomic mass is 16.5. The van der Waals surface area contributed by atoms with E-state index in [0.29, 0.717) is 49.0 Å². The van der Waals surface area contributed by atoms with Crippen LogP contribution in [0.15, 0.2) is 85.2 Å². The minimum atomic E-state index is -0.602. The Bertz CT molecular complexity index is 1730. The number of rotatable bonds is 16. The lowest BCUT2D eigenvalue weighted by Gasteiger charge is -2.34. The lowest BCUT2D eigenvalue weighted by atomic mass is 9.68. The zero-order valence-corrected chi connectivity index (χ0v) is 27.7. The van der Waals surface area contributed by atoms with Crippen LogP contribution in [0.5, 0.6) is 17.2 Å². The van der Waals surface area contributed by atoms with Gasteiger partial charge in [0.15, 0.2) is 23.1 Å². The highest BCUT2D eigenvalue weighted by Gasteiger charge is 2.37. The predicted molar refractivity (Wildman–Crippen MR) is 188 cm³/mol. The number of aryl methyl sites for hydroxylation is 2. The number of allylic oxidation sites excluding steroid dienone is 2. The fourth-order valence-electron chi connectivity index (χ4n) is 6.60. The molecule has 0 fully saturated rings. The lowest BCUT2D eigenvalue weighted by molar-refractivity contribution is -0.114. The van der Waals surface area contributed by atoms with E-state index in [2.05, 4.69) is 11.9 Å². The lowest BCUT2D eigenvalue weighted by Crippen LogP contribution is -2.29. The Morgan fingerprint density at radius 2 is 1.75 bits per heavy atom. The summed E-state index contributed by atoms with van der Waals surface area (Å²) in [6.07, 6.45) is 13.6. The number of benzene rings is 3. The van der Waals surface area contributed by atoms with Gasteiger partial charge in [0, 0.05) is 48.2 Å². The number of hydrogen-bond donors (Lipinski definition) is 5. The molecule has 0 amide bonds. The molecule has 7 N–H and O–H groups in total. The van der Waals surface area contributed by atoms with Gasteiger partial charge in [-0.05, 0) is 90.3 Å². The number of phenols is 2. The average molecular weight is 650 g/mol. The number of H-pyrrole nitrogens is 1. The molecule has 2 unspecified atom stereocenters. The van der Waals surface area contributed by atoms with Crippen molar-refractivity contribution in [1.29, 1.82) is 0 Å². The summed E-state index contributed by atoms with van der Waals surface area (Å²) in [5.41, 5.74) is 18.0. The molecule has 252 valence electrons. The van der Waals surface area contributed by atoms with E-state index in [0.717, 1.165) is 47.1 Å². The molecular weight excluding hydrogens is 602 g/mol. The molecule has 0 radical (unpaired) electrons. The summed E-state index contributed by atoms with van der Waals surface area (Å²) >= 11 is 0. The van der Waals surface area contributed by atoms with Crippen molar-refractivity contribution >= 4 is 11.6 Å². The molecule has 0 spiro atoms. The molecule has 3 aromatic carbocycles. The van der Waals surface area contributed by atoms with Gasteiger partial charge in [-0.15, -0.1) is 0 Å². The number of aromatic nitrogens is 1. The van der Waals surface area contributed by atoms with Crippen LogP contribution in [0.3, 0.4) is 0 Å². The topological polar surface area (TPSA) is 152 Å². The van der Waals surface area contributed by atoms with Crippen LogP contribution in [0.25, 0.3) is 0 Å². The third-order valence-electron chi connectivity index (χ3n) is 9.27. The van der Waals surface area contributed by atoms with Crippen LogP contribution in [-0.2, 0) is 24.1 Å². The molecule has 48 heavy (non-hydrogen) atoms. The minimum Gasteiger partial charge on any atom is -0.508 e. The van der Waals surface area contributed by atoms with E-state index in [-0.39, 0.29) is 41.5 Å². The summed E-state index contributed by atoms with van der Waals surface area (Å²) in [4.78, 5) is 29.1. The molecule has 0 bridgehead atoms. The summed E-state index contributed by atoms with van der Waals surface area (Å²) in [7, 11) is 0. The van der Waals surface area contributed by atoms with Crippen molar-refractivity contribution in [2.75, 3.05) is 6.61 Å². The van der Waals surface area contributed by atoms with Gasteiger partial charge in [0.2, 0.25) is 0 Å². The van der Waals surface area contributed by atoms with Crippen molar-refractivity contribution in [3.8, 4) is 17.2 Å². The average Bonchev–Trinajstić information content (AvgIpc) is 3.63. The van der Waals surface area contributed by atoms with Gasteiger partial charge in [-0.1, -0.05) is 62.2 Å². The van der Waals surface area contributed by atoms with E-state index in [1.54, 1.807) is 42.7 Å².